The number of fused-ring (bicyclic) bond motifs is 1. The lowest BCUT2D eigenvalue weighted by atomic mass is 10.2. The van der Waals surface area contributed by atoms with Crippen LogP contribution in [0.3, 0.4) is 0 Å². The van der Waals surface area contributed by atoms with Crippen molar-refractivity contribution in [2.45, 2.75) is 19.8 Å². The normalized spacial score (nSPS) is 15.7. The highest BCUT2D eigenvalue weighted by Gasteiger charge is 2.11. The van der Waals surface area contributed by atoms with Crippen molar-refractivity contribution in [2.75, 3.05) is 70.0 Å². The maximum absolute atomic E-state index is 12.7. The molecule has 1 heterocycles. The van der Waals surface area contributed by atoms with E-state index in [1.165, 1.54) is 0 Å². The van der Waals surface area contributed by atoms with Gasteiger partial charge in [-0.1, -0.05) is 13.3 Å². The molecular formula is C25H34N2O6. The van der Waals surface area contributed by atoms with Gasteiger partial charge in [0, 0.05) is 29.5 Å². The summed E-state index contributed by atoms with van der Waals surface area (Å²) in [5.74, 6) is 0.938. The summed E-state index contributed by atoms with van der Waals surface area (Å²) in [5, 5.41) is 6.27. The highest BCUT2D eigenvalue weighted by atomic mass is 16.6. The molecule has 1 amide bonds. The third-order valence-electron chi connectivity index (χ3n) is 4.92. The van der Waals surface area contributed by atoms with Crippen LogP contribution in [0.2, 0.25) is 0 Å². The summed E-state index contributed by atoms with van der Waals surface area (Å²) in [6.07, 6.45) is 2.25. The lowest BCUT2D eigenvalue weighted by Gasteiger charge is -2.15. The summed E-state index contributed by atoms with van der Waals surface area (Å²) in [7, 11) is 0. The number of ether oxygens (including phenoxy) is 5. The second-order valence-electron chi connectivity index (χ2n) is 7.51. The molecular weight excluding hydrogens is 424 g/mol. The number of unbranched alkanes of at least 4 members (excludes halogenated alkanes) is 1. The molecule has 0 atom stereocenters. The van der Waals surface area contributed by atoms with E-state index in [-0.39, 0.29) is 5.91 Å². The summed E-state index contributed by atoms with van der Waals surface area (Å²) >= 11 is 0. The molecule has 1 aliphatic rings. The fraction of sp³-hybridized carbons (Fsp3) is 0.480. The van der Waals surface area contributed by atoms with Crippen LogP contribution in [0.4, 0.5) is 11.4 Å². The number of benzene rings is 2. The number of anilines is 2. The first-order valence-electron chi connectivity index (χ1n) is 11.5. The first-order chi connectivity index (χ1) is 16.3. The first-order valence-corrected chi connectivity index (χ1v) is 11.5. The molecule has 0 radical (unpaired) electrons. The Labute approximate surface area is 195 Å². The van der Waals surface area contributed by atoms with Crippen LogP contribution in [-0.2, 0) is 14.2 Å². The van der Waals surface area contributed by atoms with Gasteiger partial charge in [-0.05, 0) is 42.8 Å². The van der Waals surface area contributed by atoms with Gasteiger partial charge in [-0.15, -0.1) is 0 Å². The number of nitrogens with one attached hydrogen (secondary N) is 2. The fourth-order valence-corrected chi connectivity index (χ4v) is 3.13. The molecule has 0 aliphatic carbocycles. The minimum absolute atomic E-state index is 0.190. The van der Waals surface area contributed by atoms with Crippen LogP contribution >= 0.6 is 0 Å². The molecule has 3 rings (SSSR count). The van der Waals surface area contributed by atoms with Crippen molar-refractivity contribution in [2.24, 2.45) is 0 Å². The van der Waals surface area contributed by atoms with E-state index in [4.69, 9.17) is 23.7 Å². The molecule has 2 aromatic rings. The Morgan fingerprint density at radius 3 is 1.97 bits per heavy atom. The summed E-state index contributed by atoms with van der Waals surface area (Å²) in [6, 6.07) is 12.8. The molecule has 0 aromatic heterocycles. The number of amides is 1. The standard InChI is InChI=1S/C25H34N2O6/c1-2-3-10-26-21-6-4-20(5-7-21)25(28)27-22-8-9-23-24(19-22)33-18-16-31-14-12-29-11-13-30-15-17-32-23/h4-9,19,26H,2-3,10-18H2,1H3,(H,27,28). The Morgan fingerprint density at radius 1 is 0.758 bits per heavy atom. The van der Waals surface area contributed by atoms with Gasteiger partial charge < -0.3 is 34.3 Å². The van der Waals surface area contributed by atoms with E-state index in [0.717, 1.165) is 25.1 Å². The summed E-state index contributed by atoms with van der Waals surface area (Å²) in [4.78, 5) is 12.7. The van der Waals surface area contributed by atoms with Crippen LogP contribution < -0.4 is 20.1 Å². The molecule has 180 valence electrons. The van der Waals surface area contributed by atoms with E-state index in [1.807, 2.05) is 24.3 Å². The van der Waals surface area contributed by atoms with Crippen LogP contribution in [0.1, 0.15) is 30.1 Å². The molecule has 8 nitrogen and oxygen atoms in total. The summed E-state index contributed by atoms with van der Waals surface area (Å²) in [6.45, 7) is 6.74. The average molecular weight is 459 g/mol. The molecule has 0 saturated carbocycles. The van der Waals surface area contributed by atoms with E-state index < -0.39 is 0 Å². The summed E-state index contributed by atoms with van der Waals surface area (Å²) < 4.78 is 28.1. The Bertz CT molecular complexity index is 843. The molecule has 0 fully saturated rings. The van der Waals surface area contributed by atoms with Crippen molar-refractivity contribution < 1.29 is 28.5 Å². The van der Waals surface area contributed by atoms with Gasteiger partial charge in [0.15, 0.2) is 11.5 Å². The van der Waals surface area contributed by atoms with E-state index in [9.17, 15) is 4.79 Å². The van der Waals surface area contributed by atoms with Crippen molar-refractivity contribution in [3.05, 3.63) is 48.0 Å². The van der Waals surface area contributed by atoms with E-state index in [0.29, 0.717) is 75.6 Å². The smallest absolute Gasteiger partial charge is 0.255 e. The largest absolute Gasteiger partial charge is 0.487 e. The molecule has 8 heteroatoms. The Hall–Kier alpha value is -2.81. The van der Waals surface area contributed by atoms with Crippen LogP contribution in [0, 0.1) is 0 Å². The second-order valence-corrected chi connectivity index (χ2v) is 7.51. The van der Waals surface area contributed by atoms with Gasteiger partial charge in [0.1, 0.15) is 13.2 Å². The predicted molar refractivity (Wildman–Crippen MR) is 128 cm³/mol. The monoisotopic (exact) mass is 458 g/mol. The van der Waals surface area contributed by atoms with E-state index in [2.05, 4.69) is 17.6 Å². The maximum Gasteiger partial charge on any atom is 0.255 e. The number of rotatable bonds is 6. The Morgan fingerprint density at radius 2 is 1.33 bits per heavy atom. The zero-order chi connectivity index (χ0) is 23.1. The third kappa shape index (κ3) is 8.92. The molecule has 0 spiro atoms. The number of hydrogen-bond donors (Lipinski definition) is 2. The van der Waals surface area contributed by atoms with Gasteiger partial charge in [-0.25, -0.2) is 0 Å². The van der Waals surface area contributed by atoms with Crippen molar-refractivity contribution in [1.82, 2.24) is 0 Å². The SMILES string of the molecule is CCCCNc1ccc(C(=O)Nc2ccc3c(c2)OCCOCCOCCOCCO3)cc1. The van der Waals surface area contributed by atoms with Gasteiger partial charge in [0.2, 0.25) is 0 Å². The van der Waals surface area contributed by atoms with Crippen molar-refractivity contribution in [3.8, 4) is 11.5 Å². The van der Waals surface area contributed by atoms with Gasteiger partial charge in [-0.3, -0.25) is 4.79 Å². The topological polar surface area (TPSA) is 87.3 Å². The van der Waals surface area contributed by atoms with Gasteiger partial charge in [0.05, 0.1) is 39.6 Å². The quantitative estimate of drug-likeness (QED) is 0.634. The van der Waals surface area contributed by atoms with Gasteiger partial charge in [-0.2, -0.15) is 0 Å². The van der Waals surface area contributed by atoms with E-state index in [1.54, 1.807) is 18.2 Å². The van der Waals surface area contributed by atoms with Crippen molar-refractivity contribution >= 4 is 17.3 Å². The fourth-order valence-electron chi connectivity index (χ4n) is 3.13. The average Bonchev–Trinajstić information content (AvgIpc) is 2.84. The van der Waals surface area contributed by atoms with Gasteiger partial charge >= 0.3 is 0 Å². The molecule has 2 aromatic carbocycles. The van der Waals surface area contributed by atoms with Crippen LogP contribution in [0.5, 0.6) is 11.5 Å². The zero-order valence-electron chi connectivity index (χ0n) is 19.3. The van der Waals surface area contributed by atoms with Crippen LogP contribution in [-0.4, -0.2) is 65.3 Å². The lowest BCUT2D eigenvalue weighted by Crippen LogP contribution is -2.13. The molecule has 1 aliphatic heterocycles. The highest BCUT2D eigenvalue weighted by molar-refractivity contribution is 6.04. The number of hydrogen-bond acceptors (Lipinski definition) is 7. The highest BCUT2D eigenvalue weighted by Crippen LogP contribution is 2.31. The van der Waals surface area contributed by atoms with Crippen LogP contribution in [0.15, 0.2) is 42.5 Å². The predicted octanol–water partition coefficient (Wildman–Crippen LogP) is 3.97. The molecule has 0 bridgehead atoms. The first kappa shape index (κ1) is 24.8. The molecule has 33 heavy (non-hydrogen) atoms. The molecule has 2 N–H and O–H groups in total. The van der Waals surface area contributed by atoms with Gasteiger partial charge in [0.25, 0.3) is 5.91 Å². The minimum atomic E-state index is -0.190. The number of carbonyl (C=O) groups is 1. The second kappa shape index (κ2) is 14.4. The molecule has 0 saturated heterocycles. The number of carbonyl (C=O) groups excluding carboxylic acids is 1. The minimum Gasteiger partial charge on any atom is -0.487 e. The lowest BCUT2D eigenvalue weighted by molar-refractivity contribution is 0.00708. The van der Waals surface area contributed by atoms with Crippen molar-refractivity contribution in [1.29, 1.82) is 0 Å². The summed E-state index contributed by atoms with van der Waals surface area (Å²) in [5.41, 5.74) is 2.21. The van der Waals surface area contributed by atoms with E-state index >= 15 is 0 Å². The maximum atomic E-state index is 12.7. The van der Waals surface area contributed by atoms with Crippen LogP contribution in [0.25, 0.3) is 0 Å². The Kier molecular flexibility index (Phi) is 10.8. The van der Waals surface area contributed by atoms with Crippen molar-refractivity contribution in [3.63, 3.8) is 0 Å². The third-order valence-corrected chi connectivity index (χ3v) is 4.92. The molecule has 0 unspecified atom stereocenters. The Balaban J connectivity index is 1.61. The zero-order valence-corrected chi connectivity index (χ0v) is 19.3.